The van der Waals surface area contributed by atoms with Gasteiger partial charge in [-0.2, -0.15) is 0 Å². The summed E-state index contributed by atoms with van der Waals surface area (Å²) in [6.45, 7) is 0. The van der Waals surface area contributed by atoms with Crippen LogP contribution in [0.25, 0.3) is 0 Å². The van der Waals surface area contributed by atoms with E-state index in [-0.39, 0.29) is 17.2 Å². The topological polar surface area (TPSA) is 57.5 Å². The molecule has 0 saturated heterocycles. The summed E-state index contributed by atoms with van der Waals surface area (Å²) in [6.07, 6.45) is 4.99. The summed E-state index contributed by atoms with van der Waals surface area (Å²) >= 11 is 0. The zero-order chi connectivity index (χ0) is 13.1. The zero-order valence-electron chi connectivity index (χ0n) is 10.1. The number of rotatable bonds is 3. The lowest BCUT2D eigenvalue weighted by Crippen LogP contribution is -2.33. The van der Waals surface area contributed by atoms with Gasteiger partial charge < -0.3 is 10.0 Å². The van der Waals surface area contributed by atoms with Gasteiger partial charge in [0.05, 0.1) is 0 Å². The van der Waals surface area contributed by atoms with Crippen LogP contribution in [0.15, 0.2) is 18.2 Å². The third-order valence-electron chi connectivity index (χ3n) is 3.53. The van der Waals surface area contributed by atoms with E-state index in [9.17, 15) is 9.18 Å². The van der Waals surface area contributed by atoms with Crippen LogP contribution in [0.5, 0.6) is 0 Å². The second-order valence-electron chi connectivity index (χ2n) is 4.81. The van der Waals surface area contributed by atoms with E-state index < -0.39 is 12.9 Å². The lowest BCUT2D eigenvalue weighted by molar-refractivity contribution is 0.0889. The Morgan fingerprint density at radius 2 is 1.89 bits per heavy atom. The molecule has 1 aliphatic carbocycles. The Kier molecular flexibility index (Phi) is 4.14. The summed E-state index contributed by atoms with van der Waals surface area (Å²) in [4.78, 5) is 12.2. The first-order chi connectivity index (χ1) is 8.59. The number of hydrogen-bond acceptors (Lipinski definition) is 3. The molecule has 1 fully saturated rings. The van der Waals surface area contributed by atoms with Crippen LogP contribution in [0, 0.1) is 11.7 Å². The summed E-state index contributed by atoms with van der Waals surface area (Å²) in [5.74, 6) is -0.727. The monoisotopic (exact) mass is 250 g/mol. The lowest BCUT2D eigenvalue weighted by Gasteiger charge is -2.20. The molecule has 0 spiro atoms. The van der Waals surface area contributed by atoms with Crippen LogP contribution >= 0.6 is 0 Å². The van der Waals surface area contributed by atoms with Gasteiger partial charge in [-0.05, 0) is 31.0 Å². The summed E-state index contributed by atoms with van der Waals surface area (Å²) < 4.78 is 13.3. The molecule has 1 aliphatic rings. The van der Waals surface area contributed by atoms with Gasteiger partial charge in [-0.25, -0.2) is 4.39 Å². The van der Waals surface area contributed by atoms with Gasteiger partial charge in [-0.3, -0.25) is 4.79 Å². The van der Waals surface area contributed by atoms with Crippen LogP contribution in [0.3, 0.4) is 0 Å². The van der Waals surface area contributed by atoms with Crippen molar-refractivity contribution in [2.75, 3.05) is 0 Å². The van der Waals surface area contributed by atoms with E-state index in [1.54, 1.807) is 0 Å². The third-order valence-corrected chi connectivity index (χ3v) is 3.53. The van der Waals surface area contributed by atoms with Crippen molar-refractivity contribution >= 4 is 18.4 Å². The molecule has 3 nitrogen and oxygen atoms in total. The zero-order valence-corrected chi connectivity index (χ0v) is 10.1. The molecule has 0 aliphatic heterocycles. The normalized spacial score (nSPS) is 16.6. The number of halogens is 1. The number of carbonyl (C=O) groups is 1. The van der Waals surface area contributed by atoms with Gasteiger partial charge in [0.15, 0.2) is 5.78 Å². The van der Waals surface area contributed by atoms with E-state index >= 15 is 0 Å². The molecule has 0 radical (unpaired) electrons. The van der Waals surface area contributed by atoms with Gasteiger partial charge in [-0.1, -0.05) is 19.3 Å². The molecule has 0 unspecified atom stereocenters. The highest BCUT2D eigenvalue weighted by molar-refractivity contribution is 6.58. The van der Waals surface area contributed by atoms with E-state index in [0.717, 1.165) is 38.2 Å². The van der Waals surface area contributed by atoms with Gasteiger partial charge in [0.25, 0.3) is 0 Å². The quantitative estimate of drug-likeness (QED) is 0.627. The molecule has 0 heterocycles. The molecule has 5 heteroatoms. The Hall–Kier alpha value is -1.20. The molecule has 96 valence electrons. The van der Waals surface area contributed by atoms with Crippen LogP contribution in [0.2, 0.25) is 0 Å². The Bertz CT molecular complexity index is 442. The van der Waals surface area contributed by atoms with Gasteiger partial charge in [0.1, 0.15) is 5.82 Å². The maximum atomic E-state index is 13.3. The fourth-order valence-corrected chi connectivity index (χ4v) is 2.50. The molecular weight excluding hydrogens is 234 g/mol. The average Bonchev–Trinajstić information content (AvgIpc) is 2.39. The minimum atomic E-state index is -1.89. The Balaban J connectivity index is 2.22. The van der Waals surface area contributed by atoms with Crippen molar-refractivity contribution in [2.24, 2.45) is 5.92 Å². The van der Waals surface area contributed by atoms with Gasteiger partial charge in [-0.15, -0.1) is 0 Å². The third kappa shape index (κ3) is 2.79. The van der Waals surface area contributed by atoms with Crippen molar-refractivity contribution in [3.05, 3.63) is 29.6 Å². The maximum absolute atomic E-state index is 13.3. The smallest absolute Gasteiger partial charge is 0.423 e. The fraction of sp³-hybridized carbons (Fsp3) is 0.462. The van der Waals surface area contributed by atoms with E-state index in [1.807, 2.05) is 0 Å². The second-order valence-corrected chi connectivity index (χ2v) is 4.81. The van der Waals surface area contributed by atoms with Crippen LogP contribution in [-0.4, -0.2) is 22.9 Å². The van der Waals surface area contributed by atoms with E-state index in [0.29, 0.717) is 5.56 Å². The van der Waals surface area contributed by atoms with Crippen molar-refractivity contribution in [3.63, 3.8) is 0 Å². The van der Waals surface area contributed by atoms with E-state index in [2.05, 4.69) is 0 Å². The molecule has 1 aromatic rings. The van der Waals surface area contributed by atoms with Crippen molar-refractivity contribution in [1.29, 1.82) is 0 Å². The summed E-state index contributed by atoms with van der Waals surface area (Å²) in [5, 5.41) is 18.1. The molecule has 2 N–H and O–H groups in total. The first kappa shape index (κ1) is 13.2. The molecule has 1 aromatic carbocycles. The molecular formula is C13H16BFO3. The van der Waals surface area contributed by atoms with Crippen molar-refractivity contribution in [2.45, 2.75) is 32.1 Å². The molecule has 1 saturated carbocycles. The number of carbonyl (C=O) groups excluding carboxylic acids is 1. The van der Waals surface area contributed by atoms with Crippen LogP contribution < -0.4 is 5.46 Å². The van der Waals surface area contributed by atoms with Crippen LogP contribution in [0.4, 0.5) is 4.39 Å². The minimum Gasteiger partial charge on any atom is -0.423 e. The van der Waals surface area contributed by atoms with Gasteiger partial charge in [0, 0.05) is 16.9 Å². The predicted molar refractivity (Wildman–Crippen MR) is 67.1 cm³/mol. The highest BCUT2D eigenvalue weighted by Crippen LogP contribution is 2.26. The summed E-state index contributed by atoms with van der Waals surface area (Å²) in [7, 11) is -1.89. The molecule has 2 rings (SSSR count). The molecule has 0 bridgehead atoms. The molecule has 0 amide bonds. The SMILES string of the molecule is O=C(c1ccc(F)c(B(O)O)c1)C1CCCCC1. The lowest BCUT2D eigenvalue weighted by atomic mass is 9.77. The highest BCUT2D eigenvalue weighted by Gasteiger charge is 2.24. The number of ketones is 1. The highest BCUT2D eigenvalue weighted by atomic mass is 19.1. The van der Waals surface area contributed by atoms with Crippen molar-refractivity contribution in [3.8, 4) is 0 Å². The standard InChI is InChI=1S/C13H16BFO3/c15-12-7-6-10(8-11(12)14(17)18)13(16)9-4-2-1-3-5-9/h6-9,17-18H,1-5H2. The van der Waals surface area contributed by atoms with Crippen LogP contribution in [0.1, 0.15) is 42.5 Å². The number of Topliss-reactive ketones (excluding diaryl/α,β-unsaturated/α-hetero) is 1. The van der Waals surface area contributed by atoms with E-state index in [1.165, 1.54) is 12.1 Å². The van der Waals surface area contributed by atoms with Gasteiger partial charge >= 0.3 is 7.12 Å². The van der Waals surface area contributed by atoms with Crippen molar-refractivity contribution < 1.29 is 19.2 Å². The second kappa shape index (κ2) is 5.63. The Labute approximate surface area is 106 Å². The maximum Gasteiger partial charge on any atom is 0.491 e. The van der Waals surface area contributed by atoms with Gasteiger partial charge in [0.2, 0.25) is 0 Å². The predicted octanol–water partition coefficient (Wildman–Crippen LogP) is 1.27. The van der Waals surface area contributed by atoms with Crippen molar-refractivity contribution in [1.82, 2.24) is 0 Å². The number of hydrogen-bond donors (Lipinski definition) is 2. The average molecular weight is 250 g/mol. The fourth-order valence-electron chi connectivity index (χ4n) is 2.50. The molecule has 18 heavy (non-hydrogen) atoms. The molecule has 0 aromatic heterocycles. The first-order valence-corrected chi connectivity index (χ1v) is 6.29. The number of benzene rings is 1. The van der Waals surface area contributed by atoms with Crippen LogP contribution in [-0.2, 0) is 0 Å². The Morgan fingerprint density at radius 1 is 1.22 bits per heavy atom. The summed E-state index contributed by atoms with van der Waals surface area (Å²) in [5.41, 5.74) is 0.128. The minimum absolute atomic E-state index is 0.00658. The largest absolute Gasteiger partial charge is 0.491 e. The first-order valence-electron chi connectivity index (χ1n) is 6.29. The van der Waals surface area contributed by atoms with E-state index in [4.69, 9.17) is 10.0 Å². The molecule has 0 atom stereocenters. The Morgan fingerprint density at radius 3 is 2.50 bits per heavy atom. The summed E-state index contributed by atoms with van der Waals surface area (Å²) in [6, 6.07) is 3.78.